The van der Waals surface area contributed by atoms with Crippen LogP contribution >= 0.6 is 0 Å². The number of ether oxygens (including phenoxy) is 1. The maximum absolute atomic E-state index is 13.0. The highest BCUT2D eigenvalue weighted by Crippen LogP contribution is 2.36. The molecule has 1 saturated heterocycles. The van der Waals surface area contributed by atoms with Crippen molar-refractivity contribution in [2.45, 2.75) is 84.3 Å². The number of rotatable bonds is 7. The number of carbonyl (C=O) groups is 1. The molecule has 2 rings (SSSR count). The third-order valence-corrected chi connectivity index (χ3v) is 10.7. The number of benzene rings is 1. The van der Waals surface area contributed by atoms with Gasteiger partial charge in [-0.25, -0.2) is 4.79 Å². The molecule has 1 atom stereocenters. The van der Waals surface area contributed by atoms with Gasteiger partial charge in [0.05, 0.1) is 6.61 Å². The second-order valence-corrected chi connectivity index (χ2v) is 15.8. The van der Waals surface area contributed by atoms with Gasteiger partial charge < -0.3 is 14.1 Å². The number of hydrogen-bond donors (Lipinski definition) is 0. The minimum atomic E-state index is -1.85. The van der Waals surface area contributed by atoms with E-state index in [2.05, 4.69) is 63.0 Å². The van der Waals surface area contributed by atoms with Crippen molar-refractivity contribution in [1.82, 2.24) is 9.80 Å². The predicted octanol–water partition coefficient (Wildman–Crippen LogP) is 5.52. The smallest absolute Gasteiger partial charge is 0.410 e. The number of amides is 1. The van der Waals surface area contributed by atoms with Crippen molar-refractivity contribution < 1.29 is 14.0 Å². The van der Waals surface area contributed by atoms with Crippen LogP contribution in [0.25, 0.3) is 0 Å². The lowest BCUT2D eigenvalue weighted by Crippen LogP contribution is -2.48. The summed E-state index contributed by atoms with van der Waals surface area (Å²) in [6.07, 6.45) is 0.736. The van der Waals surface area contributed by atoms with E-state index in [0.29, 0.717) is 13.2 Å². The van der Waals surface area contributed by atoms with Gasteiger partial charge in [0.25, 0.3) is 0 Å². The van der Waals surface area contributed by atoms with E-state index in [9.17, 15) is 4.79 Å². The maximum atomic E-state index is 13.0. The van der Waals surface area contributed by atoms with Crippen LogP contribution in [0.4, 0.5) is 4.79 Å². The minimum Gasteiger partial charge on any atom is -0.444 e. The summed E-state index contributed by atoms with van der Waals surface area (Å²) in [7, 11) is -1.85. The van der Waals surface area contributed by atoms with E-state index in [1.54, 1.807) is 0 Å². The summed E-state index contributed by atoms with van der Waals surface area (Å²) in [5.74, 6) is 0. The molecule has 6 heteroatoms. The standard InChI is InChI=1S/C24H42N2O3Si/c1-23(2,3)29-22(27)26(16-17-28-30(7,8)24(4,5)6)21-14-15-25(19-21)18-20-12-10-9-11-13-20/h9-13,21H,14-19H2,1-8H3. The molecule has 1 aromatic carbocycles. The lowest BCUT2D eigenvalue weighted by atomic mass is 10.2. The van der Waals surface area contributed by atoms with E-state index < -0.39 is 13.9 Å². The maximum Gasteiger partial charge on any atom is 0.410 e. The van der Waals surface area contributed by atoms with Gasteiger partial charge in [-0.2, -0.15) is 0 Å². The molecule has 5 nitrogen and oxygen atoms in total. The molecule has 30 heavy (non-hydrogen) atoms. The molecular weight excluding hydrogens is 392 g/mol. The third-order valence-electron chi connectivity index (χ3n) is 6.17. The molecule has 0 spiro atoms. The zero-order valence-corrected chi connectivity index (χ0v) is 21.3. The molecule has 0 radical (unpaired) electrons. The first-order valence-corrected chi connectivity index (χ1v) is 14.1. The second-order valence-electron chi connectivity index (χ2n) is 10.9. The third kappa shape index (κ3) is 7.40. The van der Waals surface area contributed by atoms with Gasteiger partial charge in [0, 0.05) is 32.2 Å². The van der Waals surface area contributed by atoms with E-state index in [1.165, 1.54) is 5.56 Å². The molecule has 1 heterocycles. The monoisotopic (exact) mass is 434 g/mol. The molecule has 1 aliphatic rings. The van der Waals surface area contributed by atoms with Crippen molar-refractivity contribution >= 4 is 14.4 Å². The molecule has 170 valence electrons. The highest BCUT2D eigenvalue weighted by atomic mass is 28.4. The van der Waals surface area contributed by atoms with Crippen LogP contribution in [0.5, 0.6) is 0 Å². The zero-order valence-electron chi connectivity index (χ0n) is 20.3. The van der Waals surface area contributed by atoms with Gasteiger partial charge in [-0.15, -0.1) is 0 Å². The van der Waals surface area contributed by atoms with Crippen LogP contribution in [0, 0.1) is 0 Å². The van der Waals surface area contributed by atoms with Gasteiger partial charge in [0.2, 0.25) is 0 Å². The average molecular weight is 435 g/mol. The van der Waals surface area contributed by atoms with Crippen LogP contribution in [0.2, 0.25) is 18.1 Å². The summed E-state index contributed by atoms with van der Waals surface area (Å²) in [6.45, 7) is 20.9. The number of hydrogen-bond acceptors (Lipinski definition) is 4. The lowest BCUT2D eigenvalue weighted by molar-refractivity contribution is 0.0135. The Hall–Kier alpha value is -1.37. The fraction of sp³-hybridized carbons (Fsp3) is 0.708. The second kappa shape index (κ2) is 9.84. The van der Waals surface area contributed by atoms with Crippen molar-refractivity contribution in [3.8, 4) is 0 Å². The van der Waals surface area contributed by atoms with E-state index in [4.69, 9.17) is 9.16 Å². The Bertz CT molecular complexity index is 680. The van der Waals surface area contributed by atoms with Crippen LogP contribution in [0.3, 0.4) is 0 Å². The number of carbonyl (C=O) groups excluding carboxylic acids is 1. The van der Waals surface area contributed by atoms with Gasteiger partial charge in [0.15, 0.2) is 8.32 Å². The molecule has 1 amide bonds. The number of likely N-dealkylation sites (tertiary alicyclic amines) is 1. The van der Waals surface area contributed by atoms with Crippen molar-refractivity contribution in [3.05, 3.63) is 35.9 Å². The van der Waals surface area contributed by atoms with Crippen LogP contribution < -0.4 is 0 Å². The predicted molar refractivity (Wildman–Crippen MR) is 126 cm³/mol. The van der Waals surface area contributed by atoms with E-state index in [0.717, 1.165) is 26.1 Å². The van der Waals surface area contributed by atoms with Crippen molar-refractivity contribution in [1.29, 1.82) is 0 Å². The fourth-order valence-electron chi connectivity index (χ4n) is 3.41. The van der Waals surface area contributed by atoms with Crippen LogP contribution in [0.1, 0.15) is 53.5 Å². The first kappa shape index (κ1) is 24.9. The zero-order chi connectivity index (χ0) is 22.6. The average Bonchev–Trinajstić information content (AvgIpc) is 3.05. The highest BCUT2D eigenvalue weighted by molar-refractivity contribution is 6.74. The summed E-state index contributed by atoms with van der Waals surface area (Å²) in [4.78, 5) is 17.3. The fourth-order valence-corrected chi connectivity index (χ4v) is 4.45. The van der Waals surface area contributed by atoms with Gasteiger partial charge in [-0.3, -0.25) is 4.90 Å². The first-order valence-electron chi connectivity index (χ1n) is 11.2. The van der Waals surface area contributed by atoms with E-state index in [-0.39, 0.29) is 17.2 Å². The van der Waals surface area contributed by atoms with Gasteiger partial charge >= 0.3 is 6.09 Å². The highest BCUT2D eigenvalue weighted by Gasteiger charge is 2.38. The summed E-state index contributed by atoms with van der Waals surface area (Å²) < 4.78 is 12.1. The lowest BCUT2D eigenvalue weighted by Gasteiger charge is -2.37. The van der Waals surface area contributed by atoms with Crippen molar-refractivity contribution in [2.24, 2.45) is 0 Å². The number of nitrogens with zero attached hydrogens (tertiary/aromatic N) is 2. The van der Waals surface area contributed by atoms with Gasteiger partial charge in [-0.1, -0.05) is 51.1 Å². The van der Waals surface area contributed by atoms with Gasteiger partial charge in [0.1, 0.15) is 5.60 Å². The Morgan fingerprint density at radius 2 is 1.77 bits per heavy atom. The Kier molecular flexibility index (Phi) is 8.16. The summed E-state index contributed by atoms with van der Waals surface area (Å²) in [5.41, 5.74) is 0.807. The van der Waals surface area contributed by atoms with Crippen LogP contribution in [-0.2, 0) is 15.7 Å². The summed E-state index contributed by atoms with van der Waals surface area (Å²) >= 11 is 0. The topological polar surface area (TPSA) is 42.0 Å². The Morgan fingerprint density at radius 1 is 1.13 bits per heavy atom. The molecule has 0 aliphatic carbocycles. The minimum absolute atomic E-state index is 0.156. The van der Waals surface area contributed by atoms with Crippen LogP contribution in [-0.4, -0.2) is 62.1 Å². The molecule has 0 bridgehead atoms. The summed E-state index contributed by atoms with van der Waals surface area (Å²) in [6, 6.07) is 10.7. The molecule has 1 unspecified atom stereocenters. The van der Waals surface area contributed by atoms with E-state index in [1.807, 2.05) is 31.7 Å². The van der Waals surface area contributed by atoms with Crippen molar-refractivity contribution in [2.75, 3.05) is 26.2 Å². The van der Waals surface area contributed by atoms with Crippen molar-refractivity contribution in [3.63, 3.8) is 0 Å². The molecule has 0 saturated carbocycles. The first-order chi connectivity index (χ1) is 13.8. The Balaban J connectivity index is 2.02. The molecule has 0 aromatic heterocycles. The molecule has 1 aromatic rings. The largest absolute Gasteiger partial charge is 0.444 e. The van der Waals surface area contributed by atoms with E-state index >= 15 is 0 Å². The molecule has 0 N–H and O–H groups in total. The SMILES string of the molecule is CC(C)(C)OC(=O)N(CCO[Si](C)(C)C(C)(C)C)C1CCN(Cc2ccccc2)C1. The summed E-state index contributed by atoms with van der Waals surface area (Å²) in [5, 5.41) is 0.156. The Labute approximate surface area is 184 Å². The molecule has 1 fully saturated rings. The molecule has 1 aliphatic heterocycles. The normalized spacial score (nSPS) is 18.5. The quantitative estimate of drug-likeness (QED) is 0.530. The van der Waals surface area contributed by atoms with Gasteiger partial charge in [-0.05, 0) is 50.9 Å². The Morgan fingerprint density at radius 3 is 2.33 bits per heavy atom. The molecular formula is C24H42N2O3Si. The van der Waals surface area contributed by atoms with Crippen LogP contribution in [0.15, 0.2) is 30.3 Å².